The number of sulfonamides is 1. The van der Waals surface area contributed by atoms with Gasteiger partial charge in [0.15, 0.2) is 0 Å². The largest absolute Gasteiger partial charge is 0.465 e. The highest BCUT2D eigenvalue weighted by Crippen LogP contribution is 2.22. The first-order chi connectivity index (χ1) is 10.4. The molecule has 0 saturated heterocycles. The van der Waals surface area contributed by atoms with Crippen LogP contribution >= 0.6 is 15.9 Å². The van der Waals surface area contributed by atoms with Crippen molar-refractivity contribution in [3.05, 3.63) is 40.0 Å². The molecular formula is C13H14BrN3O4S. The molecule has 0 amide bonds. The van der Waals surface area contributed by atoms with E-state index in [2.05, 4.69) is 35.6 Å². The number of hydrogen-bond donors (Lipinski definition) is 2. The van der Waals surface area contributed by atoms with Gasteiger partial charge in [-0.1, -0.05) is 22.9 Å². The summed E-state index contributed by atoms with van der Waals surface area (Å²) >= 11 is 3.27. The monoisotopic (exact) mass is 387 g/mol. The smallest absolute Gasteiger partial charge is 0.342 e. The van der Waals surface area contributed by atoms with E-state index >= 15 is 0 Å². The van der Waals surface area contributed by atoms with Crippen LogP contribution in [0.4, 0.5) is 5.69 Å². The lowest BCUT2D eigenvalue weighted by Gasteiger charge is -2.07. The van der Waals surface area contributed by atoms with Crippen LogP contribution in [0.15, 0.2) is 33.8 Å². The molecule has 0 aliphatic heterocycles. The summed E-state index contributed by atoms with van der Waals surface area (Å²) < 4.78 is 32.7. The van der Waals surface area contributed by atoms with Crippen molar-refractivity contribution in [2.45, 2.75) is 18.4 Å². The second-order valence-electron chi connectivity index (χ2n) is 4.34. The number of aromatic nitrogens is 2. The number of ether oxygens (including phenoxy) is 1. The van der Waals surface area contributed by atoms with E-state index in [-0.39, 0.29) is 10.6 Å². The topological polar surface area (TPSA) is 101 Å². The lowest BCUT2D eigenvalue weighted by Crippen LogP contribution is -2.17. The Labute approximate surface area is 136 Å². The van der Waals surface area contributed by atoms with Gasteiger partial charge in [-0.25, -0.2) is 4.79 Å². The summed E-state index contributed by atoms with van der Waals surface area (Å²) in [4.78, 5) is 11.8. The Balaban J connectivity index is 2.43. The van der Waals surface area contributed by atoms with E-state index in [1.54, 1.807) is 31.2 Å². The highest BCUT2D eigenvalue weighted by Gasteiger charge is 2.29. The fourth-order valence-corrected chi connectivity index (χ4v) is 3.29. The molecule has 7 nitrogen and oxygen atoms in total. The van der Waals surface area contributed by atoms with Crippen LogP contribution in [-0.4, -0.2) is 31.7 Å². The molecule has 9 heteroatoms. The van der Waals surface area contributed by atoms with Crippen LogP contribution in [0.3, 0.4) is 0 Å². The maximum Gasteiger partial charge on any atom is 0.342 e. The van der Waals surface area contributed by atoms with Gasteiger partial charge >= 0.3 is 5.97 Å². The molecule has 22 heavy (non-hydrogen) atoms. The van der Waals surface area contributed by atoms with Crippen molar-refractivity contribution in [3.63, 3.8) is 0 Å². The maximum absolute atomic E-state index is 12.4. The number of aryl methyl sites for hydroxylation is 1. The van der Waals surface area contributed by atoms with E-state index in [1.165, 1.54) is 7.11 Å². The summed E-state index contributed by atoms with van der Waals surface area (Å²) in [5, 5.41) is 5.94. The van der Waals surface area contributed by atoms with Gasteiger partial charge in [0.1, 0.15) is 5.56 Å². The minimum Gasteiger partial charge on any atom is -0.465 e. The summed E-state index contributed by atoms with van der Waals surface area (Å²) in [6.07, 6.45) is 0.422. The first-order valence-corrected chi connectivity index (χ1v) is 8.60. The number of nitrogens with zero attached hydrogens (tertiary/aromatic N) is 1. The average Bonchev–Trinajstić information content (AvgIpc) is 2.93. The number of rotatable bonds is 5. The fourth-order valence-electron chi connectivity index (χ4n) is 1.84. The minimum atomic E-state index is -4.01. The number of aromatic amines is 1. The third-order valence-corrected chi connectivity index (χ3v) is 4.74. The highest BCUT2D eigenvalue weighted by atomic mass is 79.9. The van der Waals surface area contributed by atoms with Gasteiger partial charge in [0.2, 0.25) is 5.03 Å². The van der Waals surface area contributed by atoms with E-state index in [1.807, 2.05) is 0 Å². The Kier molecular flexibility index (Phi) is 4.87. The van der Waals surface area contributed by atoms with Gasteiger partial charge in [0.25, 0.3) is 10.0 Å². The normalized spacial score (nSPS) is 11.2. The predicted octanol–water partition coefficient (Wildman–Crippen LogP) is 2.32. The Hall–Kier alpha value is -1.87. The lowest BCUT2D eigenvalue weighted by molar-refractivity contribution is 0.0595. The molecule has 0 atom stereocenters. The standard InChI is InChI=1S/C13H14BrN3O4S/c1-3-10-11(13(18)21-2)12(16-15-10)22(19,20)17-9-6-4-8(14)5-7-9/h4-7,17H,3H2,1-2H3,(H,15,16). The molecule has 2 rings (SSSR count). The third-order valence-electron chi connectivity index (χ3n) is 2.90. The van der Waals surface area contributed by atoms with Gasteiger partial charge in [-0.05, 0) is 30.7 Å². The van der Waals surface area contributed by atoms with Crippen molar-refractivity contribution in [2.75, 3.05) is 11.8 Å². The van der Waals surface area contributed by atoms with Gasteiger partial charge in [-0.15, -0.1) is 0 Å². The van der Waals surface area contributed by atoms with Crippen LogP contribution in [-0.2, 0) is 21.2 Å². The molecule has 1 heterocycles. The van der Waals surface area contributed by atoms with Gasteiger partial charge in [-0.3, -0.25) is 9.82 Å². The maximum atomic E-state index is 12.4. The van der Waals surface area contributed by atoms with Gasteiger partial charge in [0.05, 0.1) is 12.8 Å². The number of nitrogens with one attached hydrogen (secondary N) is 2. The molecular weight excluding hydrogens is 374 g/mol. The van der Waals surface area contributed by atoms with Gasteiger partial charge in [0, 0.05) is 10.2 Å². The van der Waals surface area contributed by atoms with Gasteiger partial charge in [-0.2, -0.15) is 13.5 Å². The zero-order chi connectivity index (χ0) is 16.3. The van der Waals surface area contributed by atoms with Gasteiger partial charge < -0.3 is 4.74 Å². The zero-order valence-electron chi connectivity index (χ0n) is 11.9. The molecule has 0 spiro atoms. The number of hydrogen-bond acceptors (Lipinski definition) is 5. The molecule has 0 aliphatic carbocycles. The summed E-state index contributed by atoms with van der Waals surface area (Å²) in [6, 6.07) is 6.57. The van der Waals surface area contributed by atoms with Crippen LogP contribution in [0.1, 0.15) is 23.0 Å². The van der Waals surface area contributed by atoms with Crippen molar-refractivity contribution < 1.29 is 17.9 Å². The fraction of sp³-hybridized carbons (Fsp3) is 0.231. The molecule has 1 aromatic heterocycles. The van der Waals surface area contributed by atoms with E-state index in [0.717, 1.165) is 4.47 Å². The summed E-state index contributed by atoms with van der Waals surface area (Å²) in [5.74, 6) is -0.748. The summed E-state index contributed by atoms with van der Waals surface area (Å²) in [7, 11) is -2.82. The molecule has 0 fully saturated rings. The average molecular weight is 388 g/mol. The van der Waals surface area contributed by atoms with Crippen molar-refractivity contribution in [1.82, 2.24) is 10.2 Å². The third kappa shape index (κ3) is 3.30. The number of carbonyl (C=O) groups excluding carboxylic acids is 1. The SMILES string of the molecule is CCc1[nH]nc(S(=O)(=O)Nc2ccc(Br)cc2)c1C(=O)OC. The highest BCUT2D eigenvalue weighted by molar-refractivity contribution is 9.10. The quantitative estimate of drug-likeness (QED) is 0.766. The lowest BCUT2D eigenvalue weighted by atomic mass is 10.2. The van der Waals surface area contributed by atoms with Crippen molar-refractivity contribution >= 4 is 37.6 Å². The van der Waals surface area contributed by atoms with E-state index in [9.17, 15) is 13.2 Å². The number of halogens is 1. The van der Waals surface area contributed by atoms with Crippen LogP contribution in [0.25, 0.3) is 0 Å². The molecule has 0 aliphatic rings. The first-order valence-electron chi connectivity index (χ1n) is 6.33. The second-order valence-corrected chi connectivity index (χ2v) is 6.85. The molecule has 0 radical (unpaired) electrons. The van der Waals surface area contributed by atoms with Crippen molar-refractivity contribution in [3.8, 4) is 0 Å². The molecule has 0 bridgehead atoms. The molecule has 118 valence electrons. The number of esters is 1. The molecule has 2 aromatic rings. The Morgan fingerprint density at radius 1 is 1.36 bits per heavy atom. The predicted molar refractivity (Wildman–Crippen MR) is 84.3 cm³/mol. The van der Waals surface area contributed by atoms with E-state index < -0.39 is 16.0 Å². The molecule has 1 aromatic carbocycles. The summed E-state index contributed by atoms with van der Waals surface area (Å²) in [5.41, 5.74) is 0.692. The van der Waals surface area contributed by atoms with Crippen LogP contribution in [0.5, 0.6) is 0 Å². The Morgan fingerprint density at radius 2 is 2.00 bits per heavy atom. The van der Waals surface area contributed by atoms with Crippen LogP contribution < -0.4 is 4.72 Å². The summed E-state index contributed by atoms with van der Waals surface area (Å²) in [6.45, 7) is 1.78. The Bertz CT molecular complexity index is 784. The number of methoxy groups -OCH3 is 1. The number of carbonyl (C=O) groups is 1. The van der Waals surface area contributed by atoms with Crippen LogP contribution in [0, 0.1) is 0 Å². The number of anilines is 1. The van der Waals surface area contributed by atoms with Crippen molar-refractivity contribution in [1.29, 1.82) is 0 Å². The van der Waals surface area contributed by atoms with E-state index in [0.29, 0.717) is 17.8 Å². The Morgan fingerprint density at radius 3 is 2.55 bits per heavy atom. The van der Waals surface area contributed by atoms with E-state index in [4.69, 9.17) is 0 Å². The molecule has 2 N–H and O–H groups in total. The molecule has 0 unspecified atom stereocenters. The number of benzene rings is 1. The van der Waals surface area contributed by atoms with Crippen molar-refractivity contribution in [2.24, 2.45) is 0 Å². The minimum absolute atomic E-state index is 0.0744. The van der Waals surface area contributed by atoms with Crippen LogP contribution in [0.2, 0.25) is 0 Å². The zero-order valence-corrected chi connectivity index (χ0v) is 14.3. The number of H-pyrrole nitrogens is 1. The first kappa shape index (κ1) is 16.5. The molecule has 0 saturated carbocycles. The second kappa shape index (κ2) is 6.49.